The van der Waals surface area contributed by atoms with Gasteiger partial charge in [0.2, 0.25) is 5.91 Å². The van der Waals surface area contributed by atoms with Gasteiger partial charge in [0.05, 0.1) is 16.4 Å². The molecule has 2 aromatic heterocycles. The van der Waals surface area contributed by atoms with Gasteiger partial charge in [-0.15, -0.1) is 22.7 Å². The van der Waals surface area contributed by atoms with Gasteiger partial charge in [-0.05, 0) is 44.4 Å². The zero-order chi connectivity index (χ0) is 19.8. The smallest absolute Gasteiger partial charge is 0.269 e. The van der Waals surface area contributed by atoms with Crippen LogP contribution in [0, 0.1) is 13.8 Å². The zero-order valence-electron chi connectivity index (χ0n) is 15.9. The number of thiazole rings is 2. The molecule has 4 rings (SSSR count). The van der Waals surface area contributed by atoms with Crippen molar-refractivity contribution in [2.75, 3.05) is 16.8 Å². The molecule has 0 saturated carbocycles. The Kier molecular flexibility index (Phi) is 4.99. The van der Waals surface area contributed by atoms with Crippen LogP contribution in [0.4, 0.5) is 10.8 Å². The van der Waals surface area contributed by atoms with Crippen LogP contribution in [-0.2, 0) is 11.2 Å². The molecule has 0 unspecified atom stereocenters. The molecule has 1 N–H and O–H groups in total. The van der Waals surface area contributed by atoms with Crippen molar-refractivity contribution in [2.24, 2.45) is 0 Å². The Labute approximate surface area is 171 Å². The maximum Gasteiger partial charge on any atom is 0.269 e. The summed E-state index contributed by atoms with van der Waals surface area (Å²) in [5.41, 5.74) is 4.70. The average Bonchev–Trinajstić information content (AvgIpc) is 3.26. The number of anilines is 2. The number of amides is 2. The number of aromatic nitrogens is 2. The highest BCUT2D eigenvalue weighted by atomic mass is 32.1. The molecule has 0 atom stereocenters. The molecule has 0 bridgehead atoms. The molecule has 0 aliphatic carbocycles. The summed E-state index contributed by atoms with van der Waals surface area (Å²) in [6.45, 7) is 6.10. The first-order chi connectivity index (χ1) is 13.4. The molecule has 3 heterocycles. The summed E-state index contributed by atoms with van der Waals surface area (Å²) >= 11 is 2.78. The normalized spacial score (nSPS) is 13.3. The lowest BCUT2D eigenvalue weighted by atomic mass is 9.98. The fraction of sp³-hybridized carbons (Fsp3) is 0.300. The Morgan fingerprint density at radius 2 is 2.04 bits per heavy atom. The lowest BCUT2D eigenvalue weighted by Gasteiger charge is -2.28. The van der Waals surface area contributed by atoms with Crippen molar-refractivity contribution in [2.45, 2.75) is 33.6 Å². The van der Waals surface area contributed by atoms with Crippen molar-refractivity contribution in [1.29, 1.82) is 0 Å². The van der Waals surface area contributed by atoms with E-state index in [2.05, 4.69) is 21.4 Å². The van der Waals surface area contributed by atoms with E-state index in [9.17, 15) is 9.59 Å². The predicted molar refractivity (Wildman–Crippen MR) is 113 cm³/mol. The minimum Gasteiger partial charge on any atom is -0.312 e. The molecular weight excluding hydrogens is 392 g/mol. The highest BCUT2D eigenvalue weighted by Gasteiger charge is 2.21. The van der Waals surface area contributed by atoms with Crippen LogP contribution in [0.5, 0.6) is 0 Å². The lowest BCUT2D eigenvalue weighted by Crippen LogP contribution is -2.33. The van der Waals surface area contributed by atoms with E-state index >= 15 is 0 Å². The monoisotopic (exact) mass is 412 g/mol. The number of nitrogens with one attached hydrogen (secondary N) is 1. The summed E-state index contributed by atoms with van der Waals surface area (Å²) in [6.07, 6.45) is 1.91. The van der Waals surface area contributed by atoms with Gasteiger partial charge >= 0.3 is 0 Å². The second kappa shape index (κ2) is 7.44. The second-order valence-corrected chi connectivity index (χ2v) is 8.82. The van der Waals surface area contributed by atoms with Gasteiger partial charge in [-0.1, -0.05) is 6.07 Å². The van der Waals surface area contributed by atoms with Crippen LogP contribution in [0.15, 0.2) is 23.6 Å². The largest absolute Gasteiger partial charge is 0.312 e. The molecule has 0 saturated heterocycles. The fourth-order valence-electron chi connectivity index (χ4n) is 3.44. The summed E-state index contributed by atoms with van der Waals surface area (Å²) in [7, 11) is 0. The summed E-state index contributed by atoms with van der Waals surface area (Å²) in [5.74, 6) is -0.104. The molecule has 8 heteroatoms. The third-order valence-corrected chi connectivity index (χ3v) is 6.54. The third-order valence-electron chi connectivity index (χ3n) is 4.71. The Morgan fingerprint density at radius 1 is 1.21 bits per heavy atom. The number of rotatable bonds is 3. The number of carbonyl (C=O) groups is 2. The van der Waals surface area contributed by atoms with Gasteiger partial charge < -0.3 is 4.90 Å². The first-order valence-corrected chi connectivity index (χ1v) is 10.7. The van der Waals surface area contributed by atoms with Crippen molar-refractivity contribution in [3.8, 4) is 11.3 Å². The van der Waals surface area contributed by atoms with Gasteiger partial charge in [0, 0.05) is 30.1 Å². The van der Waals surface area contributed by atoms with Crippen molar-refractivity contribution in [3.63, 3.8) is 0 Å². The minimum atomic E-state index is -0.174. The highest BCUT2D eigenvalue weighted by Crippen LogP contribution is 2.33. The van der Waals surface area contributed by atoms with Gasteiger partial charge in [-0.3, -0.25) is 14.9 Å². The van der Waals surface area contributed by atoms with Gasteiger partial charge in [-0.25, -0.2) is 9.97 Å². The molecule has 0 fully saturated rings. The maximum absolute atomic E-state index is 12.5. The molecule has 1 aromatic carbocycles. The van der Waals surface area contributed by atoms with E-state index in [1.165, 1.54) is 22.7 Å². The van der Waals surface area contributed by atoms with Crippen LogP contribution >= 0.6 is 22.7 Å². The molecule has 6 nitrogen and oxygen atoms in total. The first kappa shape index (κ1) is 18.8. The highest BCUT2D eigenvalue weighted by molar-refractivity contribution is 7.15. The average molecular weight is 413 g/mol. The molecule has 144 valence electrons. The van der Waals surface area contributed by atoms with Crippen LogP contribution in [0.3, 0.4) is 0 Å². The first-order valence-electron chi connectivity index (χ1n) is 9.04. The second-order valence-electron chi connectivity index (χ2n) is 6.76. The molecule has 28 heavy (non-hydrogen) atoms. The number of fused-ring (bicyclic) bond motifs is 1. The quantitative estimate of drug-likeness (QED) is 0.690. The molecule has 1 aliphatic heterocycles. The van der Waals surface area contributed by atoms with E-state index in [1.54, 1.807) is 6.92 Å². The topological polar surface area (TPSA) is 75.2 Å². The van der Waals surface area contributed by atoms with Crippen molar-refractivity contribution in [3.05, 3.63) is 44.7 Å². The van der Waals surface area contributed by atoms with E-state index in [0.29, 0.717) is 10.0 Å². The minimum absolute atomic E-state index is 0.0703. The summed E-state index contributed by atoms with van der Waals surface area (Å²) in [4.78, 5) is 35.6. The number of nitrogens with zero attached hydrogens (tertiary/aromatic N) is 3. The van der Waals surface area contributed by atoms with Crippen LogP contribution in [-0.4, -0.2) is 28.3 Å². The maximum atomic E-state index is 12.5. The van der Waals surface area contributed by atoms with Crippen LogP contribution in [0.2, 0.25) is 0 Å². The number of carbonyl (C=O) groups excluding carboxylic acids is 2. The fourth-order valence-corrected chi connectivity index (χ4v) is 4.97. The third kappa shape index (κ3) is 3.57. The van der Waals surface area contributed by atoms with E-state index < -0.39 is 0 Å². The Morgan fingerprint density at radius 3 is 2.75 bits per heavy atom. The Hall–Kier alpha value is -2.58. The van der Waals surface area contributed by atoms with Crippen molar-refractivity contribution >= 4 is 45.3 Å². The van der Waals surface area contributed by atoms with E-state index in [4.69, 9.17) is 0 Å². The SMILES string of the molecule is CC(=O)N1CCCc2cc(-c3csc(NC(=O)c4sc(C)nc4C)n3)ccc21. The molecule has 0 spiro atoms. The molecule has 3 aromatic rings. The summed E-state index contributed by atoms with van der Waals surface area (Å²) in [6, 6.07) is 6.07. The summed E-state index contributed by atoms with van der Waals surface area (Å²) in [5, 5.41) is 6.25. The van der Waals surface area contributed by atoms with Gasteiger partial charge in [0.1, 0.15) is 4.88 Å². The van der Waals surface area contributed by atoms with E-state index in [-0.39, 0.29) is 11.8 Å². The zero-order valence-corrected chi connectivity index (χ0v) is 17.5. The van der Waals surface area contributed by atoms with Crippen molar-refractivity contribution < 1.29 is 9.59 Å². The lowest BCUT2D eigenvalue weighted by molar-refractivity contribution is -0.116. The van der Waals surface area contributed by atoms with Crippen LogP contribution < -0.4 is 10.2 Å². The number of hydrogen-bond donors (Lipinski definition) is 1. The number of benzene rings is 1. The van der Waals surface area contributed by atoms with Gasteiger partial charge in [0.15, 0.2) is 5.13 Å². The molecular formula is C20H20N4O2S2. The van der Waals surface area contributed by atoms with E-state index in [1.807, 2.05) is 36.3 Å². The molecule has 2 amide bonds. The molecule has 1 aliphatic rings. The Bertz CT molecular complexity index is 1070. The summed E-state index contributed by atoms with van der Waals surface area (Å²) < 4.78 is 0. The van der Waals surface area contributed by atoms with Crippen molar-refractivity contribution in [1.82, 2.24) is 9.97 Å². The Balaban J connectivity index is 1.55. The number of aryl methyl sites for hydroxylation is 3. The molecule has 0 radical (unpaired) electrons. The van der Waals surface area contributed by atoms with Crippen LogP contribution in [0.25, 0.3) is 11.3 Å². The predicted octanol–water partition coefficient (Wildman–Crippen LogP) is 4.43. The number of hydrogen-bond acceptors (Lipinski definition) is 6. The van der Waals surface area contributed by atoms with E-state index in [0.717, 1.165) is 52.6 Å². The van der Waals surface area contributed by atoms with Gasteiger partial charge in [-0.2, -0.15) is 0 Å². The van der Waals surface area contributed by atoms with Gasteiger partial charge in [0.25, 0.3) is 5.91 Å². The van der Waals surface area contributed by atoms with Crippen LogP contribution in [0.1, 0.15) is 39.3 Å². The standard InChI is InChI=1S/C20H20N4O2S2/c1-11-18(28-12(2)21-11)19(26)23-20-22-16(10-27-20)14-6-7-17-15(9-14)5-4-8-24(17)13(3)25/h6-7,9-10H,4-5,8H2,1-3H3,(H,22,23,26).